The Morgan fingerprint density at radius 1 is 1.40 bits per heavy atom. The Labute approximate surface area is 92.9 Å². The maximum absolute atomic E-state index is 8.01. The van der Waals surface area contributed by atoms with E-state index in [1.807, 2.05) is 0 Å². The molecular weight excluding hydrogens is 186 g/mol. The molecule has 1 aliphatic carbocycles. The van der Waals surface area contributed by atoms with E-state index in [0.717, 1.165) is 18.9 Å². The van der Waals surface area contributed by atoms with Gasteiger partial charge in [0.15, 0.2) is 0 Å². The van der Waals surface area contributed by atoms with Gasteiger partial charge in [0.1, 0.15) is 0 Å². The van der Waals surface area contributed by atoms with Crippen LogP contribution in [0.5, 0.6) is 0 Å². The molecule has 0 amide bonds. The number of likely N-dealkylation sites (tertiary alicyclic amines) is 1. The van der Waals surface area contributed by atoms with Crippen LogP contribution in [-0.2, 0) is 0 Å². The van der Waals surface area contributed by atoms with Gasteiger partial charge in [-0.15, -0.1) is 0 Å². The minimum atomic E-state index is 0.589. The predicted molar refractivity (Wildman–Crippen MR) is 63.3 cm³/mol. The first-order valence-electron chi connectivity index (χ1n) is 6.26. The van der Waals surface area contributed by atoms with E-state index in [1.165, 1.54) is 32.2 Å². The summed E-state index contributed by atoms with van der Waals surface area (Å²) in [6.45, 7) is 5.72. The van der Waals surface area contributed by atoms with Crippen LogP contribution in [0.25, 0.3) is 0 Å². The van der Waals surface area contributed by atoms with Gasteiger partial charge in [-0.1, -0.05) is 6.92 Å². The topological polar surface area (TPSA) is 30.3 Å². The van der Waals surface area contributed by atoms with Gasteiger partial charge in [0.2, 0.25) is 0 Å². The average molecular weight is 209 g/mol. The predicted octanol–water partition coefficient (Wildman–Crippen LogP) is 1.79. The number of hydrogen-bond donors (Lipinski definition) is 1. The Morgan fingerprint density at radius 3 is 2.73 bits per heavy atom. The summed E-state index contributed by atoms with van der Waals surface area (Å²) >= 11 is 0. The first-order chi connectivity index (χ1) is 7.22. The van der Waals surface area contributed by atoms with Gasteiger partial charge >= 0.3 is 0 Å². The molecule has 3 heteroatoms. The van der Waals surface area contributed by atoms with Gasteiger partial charge in [-0.05, 0) is 38.8 Å². The van der Waals surface area contributed by atoms with Crippen molar-refractivity contribution < 1.29 is 0 Å². The smallest absolute Gasteiger partial charge is 0.0987 e. The monoisotopic (exact) mass is 209 g/mol. The summed E-state index contributed by atoms with van der Waals surface area (Å²) in [6, 6.07) is 0.694. The lowest BCUT2D eigenvalue weighted by Gasteiger charge is -2.29. The van der Waals surface area contributed by atoms with E-state index in [-0.39, 0.29) is 0 Å². The molecule has 2 aliphatic rings. The molecule has 1 saturated heterocycles. The van der Waals surface area contributed by atoms with Crippen LogP contribution in [0.15, 0.2) is 0 Å². The standard InChI is InChI=1S/C12H23N3/c1-3-15-8-4-5-11(15)9-14(2)12(13)10-6-7-10/h10-11,13H,3-9H2,1-2H3. The Kier molecular flexibility index (Phi) is 3.29. The molecule has 1 aliphatic heterocycles. The van der Waals surface area contributed by atoms with E-state index in [1.54, 1.807) is 0 Å². The summed E-state index contributed by atoms with van der Waals surface area (Å²) in [6.07, 6.45) is 5.13. The second-order valence-corrected chi connectivity index (χ2v) is 4.96. The van der Waals surface area contributed by atoms with Gasteiger partial charge in [-0.2, -0.15) is 0 Å². The van der Waals surface area contributed by atoms with E-state index in [9.17, 15) is 0 Å². The van der Waals surface area contributed by atoms with Crippen molar-refractivity contribution in [2.24, 2.45) is 5.92 Å². The van der Waals surface area contributed by atoms with Gasteiger partial charge in [0, 0.05) is 25.6 Å². The Balaban J connectivity index is 1.81. The number of nitrogens with zero attached hydrogens (tertiary/aromatic N) is 2. The molecule has 2 fully saturated rings. The maximum Gasteiger partial charge on any atom is 0.0987 e. The highest BCUT2D eigenvalue weighted by Gasteiger charge is 2.31. The molecule has 15 heavy (non-hydrogen) atoms. The summed E-state index contributed by atoms with van der Waals surface area (Å²) in [7, 11) is 2.09. The van der Waals surface area contributed by atoms with E-state index in [2.05, 4.69) is 23.8 Å². The second kappa shape index (κ2) is 4.52. The van der Waals surface area contributed by atoms with Gasteiger partial charge in [-0.25, -0.2) is 0 Å². The van der Waals surface area contributed by atoms with Crippen molar-refractivity contribution in [3.05, 3.63) is 0 Å². The number of amidine groups is 1. The number of nitrogens with one attached hydrogen (secondary N) is 1. The fourth-order valence-corrected chi connectivity index (χ4v) is 2.60. The summed E-state index contributed by atoms with van der Waals surface area (Å²) in [4.78, 5) is 4.73. The molecule has 0 aromatic carbocycles. The van der Waals surface area contributed by atoms with Crippen molar-refractivity contribution in [2.45, 2.75) is 38.6 Å². The van der Waals surface area contributed by atoms with Crippen LogP contribution >= 0.6 is 0 Å². The quantitative estimate of drug-likeness (QED) is 0.565. The van der Waals surface area contributed by atoms with Gasteiger partial charge in [-0.3, -0.25) is 10.3 Å². The van der Waals surface area contributed by atoms with Gasteiger partial charge < -0.3 is 4.90 Å². The average Bonchev–Trinajstić information content (AvgIpc) is 2.99. The van der Waals surface area contributed by atoms with Crippen LogP contribution < -0.4 is 0 Å². The summed E-state index contributed by atoms with van der Waals surface area (Å²) in [5, 5.41) is 8.01. The molecule has 0 aromatic rings. The zero-order chi connectivity index (χ0) is 10.8. The van der Waals surface area contributed by atoms with Crippen LogP contribution in [0.1, 0.15) is 32.6 Å². The minimum absolute atomic E-state index is 0.589. The van der Waals surface area contributed by atoms with E-state index in [4.69, 9.17) is 5.41 Å². The van der Waals surface area contributed by atoms with Crippen LogP contribution in [0.2, 0.25) is 0 Å². The molecule has 0 radical (unpaired) electrons. The van der Waals surface area contributed by atoms with Crippen molar-refractivity contribution in [1.82, 2.24) is 9.80 Å². The largest absolute Gasteiger partial charge is 0.362 e. The second-order valence-electron chi connectivity index (χ2n) is 4.96. The zero-order valence-electron chi connectivity index (χ0n) is 10.00. The molecule has 1 saturated carbocycles. The number of hydrogen-bond acceptors (Lipinski definition) is 2. The molecule has 1 atom stereocenters. The normalized spacial score (nSPS) is 26.9. The third-order valence-electron chi connectivity index (χ3n) is 3.77. The lowest BCUT2D eigenvalue weighted by molar-refractivity contribution is 0.233. The van der Waals surface area contributed by atoms with Crippen molar-refractivity contribution in [3.63, 3.8) is 0 Å². The molecule has 1 heterocycles. The molecule has 86 valence electrons. The van der Waals surface area contributed by atoms with Crippen LogP contribution in [0, 0.1) is 11.3 Å². The summed E-state index contributed by atoms with van der Waals surface area (Å²) in [5.41, 5.74) is 0. The first-order valence-corrected chi connectivity index (χ1v) is 6.26. The molecule has 1 unspecified atom stereocenters. The highest BCUT2D eigenvalue weighted by molar-refractivity contribution is 5.83. The fraction of sp³-hybridized carbons (Fsp3) is 0.917. The van der Waals surface area contributed by atoms with E-state index in [0.29, 0.717) is 12.0 Å². The maximum atomic E-state index is 8.01. The van der Waals surface area contributed by atoms with Gasteiger partial charge in [0.25, 0.3) is 0 Å². The van der Waals surface area contributed by atoms with Crippen molar-refractivity contribution in [3.8, 4) is 0 Å². The van der Waals surface area contributed by atoms with Crippen LogP contribution in [0.3, 0.4) is 0 Å². The minimum Gasteiger partial charge on any atom is -0.362 e. The Bertz CT molecular complexity index is 235. The van der Waals surface area contributed by atoms with Crippen molar-refractivity contribution >= 4 is 5.84 Å². The van der Waals surface area contributed by atoms with E-state index < -0.39 is 0 Å². The highest BCUT2D eigenvalue weighted by Crippen LogP contribution is 2.31. The lowest BCUT2D eigenvalue weighted by atomic mass is 10.2. The van der Waals surface area contributed by atoms with Crippen LogP contribution in [-0.4, -0.2) is 48.4 Å². The third-order valence-corrected chi connectivity index (χ3v) is 3.77. The molecule has 0 bridgehead atoms. The lowest BCUT2D eigenvalue weighted by Crippen LogP contribution is -2.41. The summed E-state index contributed by atoms with van der Waals surface area (Å²) in [5.74, 6) is 1.46. The molecule has 3 nitrogen and oxygen atoms in total. The Morgan fingerprint density at radius 2 is 2.13 bits per heavy atom. The molecule has 1 N–H and O–H groups in total. The molecular formula is C12H23N3. The first kappa shape index (κ1) is 10.9. The third kappa shape index (κ3) is 2.51. The SMILES string of the molecule is CCN1CCCC1CN(C)C(=N)C1CC1. The summed E-state index contributed by atoms with van der Waals surface area (Å²) < 4.78 is 0. The van der Waals surface area contributed by atoms with Crippen molar-refractivity contribution in [1.29, 1.82) is 5.41 Å². The number of rotatable bonds is 4. The molecule has 2 rings (SSSR count). The van der Waals surface area contributed by atoms with E-state index >= 15 is 0 Å². The van der Waals surface area contributed by atoms with Crippen molar-refractivity contribution in [2.75, 3.05) is 26.7 Å². The van der Waals surface area contributed by atoms with Gasteiger partial charge in [0.05, 0.1) is 5.84 Å². The highest BCUT2D eigenvalue weighted by atomic mass is 15.2. The number of likely N-dealkylation sites (N-methyl/N-ethyl adjacent to an activating group) is 2. The molecule has 0 aromatic heterocycles. The van der Waals surface area contributed by atoms with Crippen LogP contribution in [0.4, 0.5) is 0 Å². The fourth-order valence-electron chi connectivity index (χ4n) is 2.60. The Hall–Kier alpha value is -0.570. The molecule has 0 spiro atoms. The zero-order valence-corrected chi connectivity index (χ0v) is 10.00.